The summed E-state index contributed by atoms with van der Waals surface area (Å²) in [6.45, 7) is -0.213. The molecule has 3 heterocycles. The van der Waals surface area contributed by atoms with E-state index in [-0.39, 0.29) is 24.3 Å². The van der Waals surface area contributed by atoms with Gasteiger partial charge in [0, 0.05) is 11.5 Å². The molecule has 2 unspecified atom stereocenters. The molecule has 8 nitrogen and oxygen atoms in total. The molecule has 10 heteroatoms. The summed E-state index contributed by atoms with van der Waals surface area (Å²) >= 11 is 2.33. The largest absolute Gasteiger partial charge is 0.454 e. The van der Waals surface area contributed by atoms with Crippen molar-refractivity contribution in [3.05, 3.63) is 28.7 Å². The predicted octanol–water partition coefficient (Wildman–Crippen LogP) is 1.04. The number of ether oxygens (including phenoxy) is 2. The lowest BCUT2D eigenvalue weighted by molar-refractivity contribution is -0.129. The van der Waals surface area contributed by atoms with Crippen molar-refractivity contribution in [2.75, 3.05) is 24.8 Å². The maximum Gasteiger partial charge on any atom is 0.294 e. The number of aliphatic hydroxyl groups is 1. The first-order valence-electron chi connectivity index (χ1n) is 8.21. The number of amides is 3. The average molecular weight is 408 g/mol. The van der Waals surface area contributed by atoms with Crippen LogP contribution in [0.15, 0.2) is 23.1 Å². The zero-order valence-corrected chi connectivity index (χ0v) is 15.7. The van der Waals surface area contributed by atoms with Gasteiger partial charge in [0.05, 0.1) is 17.1 Å². The van der Waals surface area contributed by atoms with E-state index in [2.05, 4.69) is 5.32 Å². The minimum atomic E-state index is -0.611. The highest BCUT2D eigenvalue weighted by atomic mass is 32.2. The van der Waals surface area contributed by atoms with Gasteiger partial charge in [-0.25, -0.2) is 0 Å². The molecule has 3 aliphatic rings. The Bertz CT molecular complexity index is 843. The Labute approximate surface area is 163 Å². The van der Waals surface area contributed by atoms with E-state index in [1.54, 1.807) is 36.0 Å². The lowest BCUT2D eigenvalue weighted by atomic mass is 10.2. The number of thioether (sulfide) groups is 2. The molecular formula is C17H16N2O6S2. The molecule has 1 aromatic rings. The summed E-state index contributed by atoms with van der Waals surface area (Å²) in [6, 6.07) is 4.86. The third-order valence-corrected chi connectivity index (χ3v) is 6.35. The van der Waals surface area contributed by atoms with E-state index in [0.717, 1.165) is 16.7 Å². The third kappa shape index (κ3) is 3.78. The van der Waals surface area contributed by atoms with Crippen LogP contribution in [0.4, 0.5) is 4.79 Å². The molecule has 2 atom stereocenters. The van der Waals surface area contributed by atoms with E-state index in [9.17, 15) is 19.5 Å². The van der Waals surface area contributed by atoms with Crippen molar-refractivity contribution in [1.82, 2.24) is 10.2 Å². The second-order valence-electron chi connectivity index (χ2n) is 6.16. The molecule has 0 aliphatic carbocycles. The number of carbonyl (C=O) groups excluding carboxylic acids is 3. The number of nitrogens with one attached hydrogen (secondary N) is 1. The van der Waals surface area contributed by atoms with Crippen molar-refractivity contribution in [2.24, 2.45) is 0 Å². The molecule has 3 amide bonds. The minimum Gasteiger partial charge on any atom is -0.454 e. The van der Waals surface area contributed by atoms with Gasteiger partial charge in [0.15, 0.2) is 11.5 Å². The number of carbonyl (C=O) groups is 3. The van der Waals surface area contributed by atoms with Crippen LogP contribution < -0.4 is 14.8 Å². The second-order valence-corrected chi connectivity index (χ2v) is 8.23. The number of aliphatic hydroxyl groups excluding tert-OH is 1. The van der Waals surface area contributed by atoms with Gasteiger partial charge in [-0.3, -0.25) is 19.3 Å². The average Bonchev–Trinajstić information content (AvgIpc) is 3.32. The molecule has 27 heavy (non-hydrogen) atoms. The van der Waals surface area contributed by atoms with E-state index >= 15 is 0 Å². The summed E-state index contributed by atoms with van der Waals surface area (Å²) in [5, 5.41) is 11.9. The molecule has 0 saturated carbocycles. The molecule has 2 saturated heterocycles. The van der Waals surface area contributed by atoms with Crippen LogP contribution in [0, 0.1) is 0 Å². The quantitative estimate of drug-likeness (QED) is 0.712. The maximum atomic E-state index is 12.5. The van der Waals surface area contributed by atoms with Gasteiger partial charge in [-0.15, -0.1) is 0 Å². The summed E-state index contributed by atoms with van der Waals surface area (Å²) in [6.07, 6.45) is 0.974. The van der Waals surface area contributed by atoms with Gasteiger partial charge in [0.1, 0.15) is 6.54 Å². The SMILES string of the molecule is O=C(CN1C(=O)S/C(=C\c2ccc3c(c2)OCO3)C1=O)NC1CSCC1O. The number of benzene rings is 1. The van der Waals surface area contributed by atoms with E-state index in [1.165, 1.54) is 0 Å². The molecule has 1 aromatic carbocycles. The van der Waals surface area contributed by atoms with Crippen LogP contribution in [0.3, 0.4) is 0 Å². The highest BCUT2D eigenvalue weighted by molar-refractivity contribution is 8.18. The van der Waals surface area contributed by atoms with Crippen LogP contribution in [0.2, 0.25) is 0 Å². The first-order valence-corrected chi connectivity index (χ1v) is 10.2. The number of imide groups is 1. The van der Waals surface area contributed by atoms with Crippen LogP contribution >= 0.6 is 23.5 Å². The van der Waals surface area contributed by atoms with Gasteiger partial charge in [-0.2, -0.15) is 11.8 Å². The Morgan fingerprint density at radius 2 is 2.11 bits per heavy atom. The van der Waals surface area contributed by atoms with Crippen LogP contribution in [0.1, 0.15) is 5.56 Å². The number of hydrogen-bond donors (Lipinski definition) is 2. The molecule has 0 spiro atoms. The molecule has 0 radical (unpaired) electrons. The Balaban J connectivity index is 1.43. The Kier molecular flexibility index (Phi) is 5.02. The van der Waals surface area contributed by atoms with Crippen LogP contribution in [-0.4, -0.2) is 64.0 Å². The van der Waals surface area contributed by atoms with Crippen LogP contribution in [0.5, 0.6) is 11.5 Å². The number of rotatable bonds is 4. The fourth-order valence-corrected chi connectivity index (χ4v) is 4.88. The van der Waals surface area contributed by atoms with Gasteiger partial charge >= 0.3 is 0 Å². The summed E-state index contributed by atoms with van der Waals surface area (Å²) in [7, 11) is 0. The molecule has 4 rings (SSSR count). The number of fused-ring (bicyclic) bond motifs is 1. The Morgan fingerprint density at radius 1 is 1.30 bits per heavy atom. The van der Waals surface area contributed by atoms with Crippen molar-refractivity contribution in [3.8, 4) is 11.5 Å². The van der Waals surface area contributed by atoms with Gasteiger partial charge in [0.2, 0.25) is 12.7 Å². The maximum absolute atomic E-state index is 12.5. The van der Waals surface area contributed by atoms with Crippen LogP contribution in [0.25, 0.3) is 6.08 Å². The van der Waals surface area contributed by atoms with Gasteiger partial charge in [-0.05, 0) is 35.5 Å². The lowest BCUT2D eigenvalue weighted by Crippen LogP contribution is -2.47. The molecule has 0 bridgehead atoms. The number of hydrogen-bond acceptors (Lipinski definition) is 8. The third-order valence-electron chi connectivity index (χ3n) is 4.27. The predicted molar refractivity (Wildman–Crippen MR) is 101 cm³/mol. The molecular weight excluding hydrogens is 392 g/mol. The second kappa shape index (κ2) is 7.45. The zero-order valence-electron chi connectivity index (χ0n) is 14.0. The highest BCUT2D eigenvalue weighted by Gasteiger charge is 2.37. The van der Waals surface area contributed by atoms with Crippen LogP contribution in [-0.2, 0) is 9.59 Å². The van der Waals surface area contributed by atoms with Crippen molar-refractivity contribution >= 4 is 46.7 Å². The van der Waals surface area contributed by atoms with Crippen molar-refractivity contribution in [2.45, 2.75) is 12.1 Å². The van der Waals surface area contributed by atoms with Crippen molar-refractivity contribution < 1.29 is 29.0 Å². The molecule has 2 N–H and O–H groups in total. The standard InChI is InChI=1S/C17H16N2O6S2/c20-11-7-26-6-10(11)18-15(21)5-19-16(22)14(27-17(19)23)4-9-1-2-12-13(3-9)25-8-24-12/h1-4,10-11,20H,5-8H2,(H,18,21)/b14-4-. The highest BCUT2D eigenvalue weighted by Crippen LogP contribution is 2.36. The first kappa shape index (κ1) is 18.2. The summed E-state index contributed by atoms with van der Waals surface area (Å²) < 4.78 is 10.5. The van der Waals surface area contributed by atoms with Gasteiger partial charge < -0.3 is 19.9 Å². The van der Waals surface area contributed by atoms with E-state index in [4.69, 9.17) is 9.47 Å². The fourth-order valence-electron chi connectivity index (χ4n) is 2.87. The zero-order chi connectivity index (χ0) is 19.0. The normalized spacial score (nSPS) is 25.5. The summed E-state index contributed by atoms with van der Waals surface area (Å²) in [5.74, 6) is 1.40. The smallest absolute Gasteiger partial charge is 0.294 e. The lowest BCUT2D eigenvalue weighted by Gasteiger charge is -2.18. The topological polar surface area (TPSA) is 105 Å². The summed E-state index contributed by atoms with van der Waals surface area (Å²) in [4.78, 5) is 38.0. The van der Waals surface area contributed by atoms with Crippen molar-refractivity contribution in [3.63, 3.8) is 0 Å². The molecule has 0 aromatic heterocycles. The minimum absolute atomic E-state index is 0.151. The number of nitrogens with zero attached hydrogens (tertiary/aromatic N) is 1. The molecule has 142 valence electrons. The Morgan fingerprint density at radius 3 is 2.89 bits per heavy atom. The first-order chi connectivity index (χ1) is 13.0. The molecule has 3 aliphatic heterocycles. The summed E-state index contributed by atoms with van der Waals surface area (Å²) in [5.41, 5.74) is 0.695. The fraction of sp³-hybridized carbons (Fsp3) is 0.353. The van der Waals surface area contributed by atoms with Gasteiger partial charge in [0.25, 0.3) is 11.1 Å². The van der Waals surface area contributed by atoms with E-state index < -0.39 is 23.2 Å². The van der Waals surface area contributed by atoms with E-state index in [0.29, 0.717) is 28.6 Å². The Hall–Kier alpha value is -2.17. The monoisotopic (exact) mass is 408 g/mol. The van der Waals surface area contributed by atoms with Gasteiger partial charge in [-0.1, -0.05) is 6.07 Å². The molecule has 2 fully saturated rings. The van der Waals surface area contributed by atoms with E-state index in [1.807, 2.05) is 0 Å². The van der Waals surface area contributed by atoms with Crippen molar-refractivity contribution in [1.29, 1.82) is 0 Å².